The first kappa shape index (κ1) is 11.9. The van der Waals surface area contributed by atoms with E-state index in [-0.39, 0.29) is 11.8 Å². The Morgan fingerprint density at radius 3 is 2.21 bits per heavy atom. The highest BCUT2D eigenvalue weighted by molar-refractivity contribution is 7.89. The molecule has 2 N–H and O–H groups in total. The summed E-state index contributed by atoms with van der Waals surface area (Å²) in [6, 6.07) is 0.0844. The first-order valence-corrected chi connectivity index (χ1v) is 6.82. The van der Waals surface area contributed by atoms with Crippen molar-refractivity contribution in [2.24, 2.45) is 11.8 Å². The summed E-state index contributed by atoms with van der Waals surface area (Å²) < 4.78 is 25.6. The van der Waals surface area contributed by atoms with Crippen LogP contribution in [0.5, 0.6) is 0 Å². The van der Waals surface area contributed by atoms with Gasteiger partial charge in [-0.3, -0.25) is 0 Å². The molecule has 2 atom stereocenters. The summed E-state index contributed by atoms with van der Waals surface area (Å²) >= 11 is 0. The number of hydrogen-bond acceptors (Lipinski definition) is 3. The number of hydrogen-bond donors (Lipinski definition) is 2. The van der Waals surface area contributed by atoms with Crippen molar-refractivity contribution in [2.75, 3.05) is 18.8 Å². The molecule has 0 aliphatic carbocycles. The van der Waals surface area contributed by atoms with Gasteiger partial charge in [0.1, 0.15) is 0 Å². The van der Waals surface area contributed by atoms with Crippen LogP contribution in [0, 0.1) is 11.8 Å². The summed E-state index contributed by atoms with van der Waals surface area (Å²) in [6.07, 6.45) is 0. The topological polar surface area (TPSA) is 58.2 Å². The number of piperidine rings is 1. The summed E-state index contributed by atoms with van der Waals surface area (Å²) in [5.74, 6) is 0.885. The molecule has 1 rings (SSSR count). The molecule has 0 radical (unpaired) electrons. The van der Waals surface area contributed by atoms with Crippen molar-refractivity contribution < 1.29 is 8.42 Å². The molecule has 2 unspecified atom stereocenters. The molecule has 14 heavy (non-hydrogen) atoms. The molecule has 4 nitrogen and oxygen atoms in total. The highest BCUT2D eigenvalue weighted by Crippen LogP contribution is 2.17. The zero-order valence-corrected chi connectivity index (χ0v) is 9.89. The predicted molar refractivity (Wildman–Crippen MR) is 57.6 cm³/mol. The summed E-state index contributed by atoms with van der Waals surface area (Å²) in [6.45, 7) is 7.60. The van der Waals surface area contributed by atoms with Gasteiger partial charge in [0.2, 0.25) is 10.0 Å². The Morgan fingerprint density at radius 2 is 1.79 bits per heavy atom. The Morgan fingerprint density at radius 1 is 1.29 bits per heavy atom. The van der Waals surface area contributed by atoms with Gasteiger partial charge in [-0.1, -0.05) is 13.8 Å². The normalized spacial score (nSPS) is 34.4. The van der Waals surface area contributed by atoms with Crippen molar-refractivity contribution >= 4 is 10.0 Å². The maximum atomic E-state index is 11.4. The van der Waals surface area contributed by atoms with Crippen molar-refractivity contribution in [3.8, 4) is 0 Å². The van der Waals surface area contributed by atoms with E-state index in [0.717, 1.165) is 13.1 Å². The lowest BCUT2D eigenvalue weighted by molar-refractivity contribution is 0.252. The van der Waals surface area contributed by atoms with Crippen LogP contribution in [0.1, 0.15) is 20.8 Å². The van der Waals surface area contributed by atoms with Crippen LogP contribution in [-0.2, 0) is 10.0 Å². The summed E-state index contributed by atoms with van der Waals surface area (Å²) in [5.41, 5.74) is 0. The van der Waals surface area contributed by atoms with E-state index in [1.807, 2.05) is 0 Å². The van der Waals surface area contributed by atoms with E-state index in [0.29, 0.717) is 11.8 Å². The van der Waals surface area contributed by atoms with Crippen LogP contribution in [-0.4, -0.2) is 33.3 Å². The molecule has 0 saturated carbocycles. The maximum absolute atomic E-state index is 11.4. The Labute approximate surface area is 86.5 Å². The van der Waals surface area contributed by atoms with Crippen molar-refractivity contribution in [1.29, 1.82) is 0 Å². The van der Waals surface area contributed by atoms with Gasteiger partial charge >= 0.3 is 0 Å². The number of rotatable bonds is 3. The molecule has 5 heteroatoms. The molecule has 0 spiro atoms. The standard InChI is InChI=1S/C9H20N2O2S/c1-4-14(12,13)11-9-7(2)5-10-6-8(9)3/h7-11H,4-6H2,1-3H3. The van der Waals surface area contributed by atoms with Crippen molar-refractivity contribution in [1.82, 2.24) is 10.0 Å². The van der Waals surface area contributed by atoms with Gasteiger partial charge in [-0.05, 0) is 31.8 Å². The summed E-state index contributed by atoms with van der Waals surface area (Å²) in [7, 11) is -3.06. The van der Waals surface area contributed by atoms with Crippen LogP contribution >= 0.6 is 0 Å². The summed E-state index contributed by atoms with van der Waals surface area (Å²) in [5, 5.41) is 3.28. The van der Waals surface area contributed by atoms with Crippen LogP contribution in [0.25, 0.3) is 0 Å². The second-order valence-electron chi connectivity index (χ2n) is 4.16. The molecule has 0 amide bonds. The Bertz CT molecular complexity index is 267. The molecular weight excluding hydrogens is 200 g/mol. The highest BCUT2D eigenvalue weighted by Gasteiger charge is 2.30. The van der Waals surface area contributed by atoms with E-state index in [9.17, 15) is 8.42 Å². The fourth-order valence-electron chi connectivity index (χ4n) is 1.88. The fraction of sp³-hybridized carbons (Fsp3) is 1.00. The fourth-order valence-corrected chi connectivity index (χ4v) is 2.92. The van der Waals surface area contributed by atoms with Crippen molar-refractivity contribution in [3.63, 3.8) is 0 Å². The van der Waals surface area contributed by atoms with Gasteiger partial charge in [0.05, 0.1) is 5.75 Å². The highest BCUT2D eigenvalue weighted by atomic mass is 32.2. The molecule has 0 aromatic heterocycles. The number of nitrogens with one attached hydrogen (secondary N) is 2. The molecule has 0 bridgehead atoms. The molecule has 1 fully saturated rings. The molecule has 1 saturated heterocycles. The van der Waals surface area contributed by atoms with Crippen LogP contribution in [0.4, 0.5) is 0 Å². The van der Waals surface area contributed by atoms with Crippen molar-refractivity contribution in [2.45, 2.75) is 26.8 Å². The van der Waals surface area contributed by atoms with Gasteiger partial charge in [0.25, 0.3) is 0 Å². The molecule has 1 heterocycles. The second kappa shape index (κ2) is 4.59. The average Bonchev–Trinajstić information content (AvgIpc) is 2.12. The quantitative estimate of drug-likeness (QED) is 0.713. The number of sulfonamides is 1. The largest absolute Gasteiger partial charge is 0.316 e. The van der Waals surface area contributed by atoms with Crippen LogP contribution in [0.2, 0.25) is 0 Å². The molecule has 0 aromatic rings. The minimum Gasteiger partial charge on any atom is -0.316 e. The van der Waals surface area contributed by atoms with E-state index in [1.165, 1.54) is 0 Å². The van der Waals surface area contributed by atoms with Gasteiger partial charge in [0, 0.05) is 6.04 Å². The van der Waals surface area contributed by atoms with Crippen LogP contribution in [0.3, 0.4) is 0 Å². The smallest absolute Gasteiger partial charge is 0.211 e. The lowest BCUT2D eigenvalue weighted by Crippen LogP contribution is -2.53. The molecule has 0 aromatic carbocycles. The molecule has 1 aliphatic heterocycles. The van der Waals surface area contributed by atoms with Gasteiger partial charge in [-0.15, -0.1) is 0 Å². The molecule has 1 aliphatic rings. The lowest BCUT2D eigenvalue weighted by atomic mass is 9.88. The first-order valence-electron chi connectivity index (χ1n) is 5.17. The average molecular weight is 220 g/mol. The minimum absolute atomic E-state index is 0.0844. The molecule has 84 valence electrons. The van der Waals surface area contributed by atoms with Gasteiger partial charge in [-0.25, -0.2) is 13.1 Å². The Hall–Kier alpha value is -0.130. The lowest BCUT2D eigenvalue weighted by Gasteiger charge is -2.35. The van der Waals surface area contributed by atoms with Crippen molar-refractivity contribution in [3.05, 3.63) is 0 Å². The Balaban J connectivity index is 2.65. The van der Waals surface area contributed by atoms with E-state index >= 15 is 0 Å². The predicted octanol–water partition coefficient (Wildman–Crippen LogP) is 0.170. The van der Waals surface area contributed by atoms with E-state index in [2.05, 4.69) is 23.9 Å². The third-order valence-electron chi connectivity index (χ3n) is 2.85. The maximum Gasteiger partial charge on any atom is 0.211 e. The first-order chi connectivity index (χ1) is 6.46. The van der Waals surface area contributed by atoms with Gasteiger partial charge in [-0.2, -0.15) is 0 Å². The van der Waals surface area contributed by atoms with E-state index in [1.54, 1.807) is 6.92 Å². The molecular formula is C9H20N2O2S. The second-order valence-corrected chi connectivity index (χ2v) is 6.20. The monoisotopic (exact) mass is 220 g/mol. The van der Waals surface area contributed by atoms with Crippen LogP contribution < -0.4 is 10.0 Å². The zero-order chi connectivity index (χ0) is 10.8. The van der Waals surface area contributed by atoms with Crippen LogP contribution in [0.15, 0.2) is 0 Å². The third-order valence-corrected chi connectivity index (χ3v) is 4.25. The SMILES string of the molecule is CCS(=O)(=O)NC1C(C)CNCC1C. The van der Waals surface area contributed by atoms with E-state index in [4.69, 9.17) is 0 Å². The third kappa shape index (κ3) is 2.93. The summed E-state index contributed by atoms with van der Waals surface area (Å²) in [4.78, 5) is 0. The zero-order valence-electron chi connectivity index (χ0n) is 9.08. The Kier molecular flexibility index (Phi) is 3.92. The van der Waals surface area contributed by atoms with E-state index < -0.39 is 10.0 Å². The van der Waals surface area contributed by atoms with Gasteiger partial charge < -0.3 is 5.32 Å². The van der Waals surface area contributed by atoms with Gasteiger partial charge in [0.15, 0.2) is 0 Å². The minimum atomic E-state index is -3.06.